The molecule has 1 aliphatic rings. The molecule has 0 saturated heterocycles. The molecule has 2 aromatic carbocycles. The third-order valence-electron chi connectivity index (χ3n) is 4.27. The number of hydrazone groups is 1. The molecule has 0 unspecified atom stereocenters. The van der Waals surface area contributed by atoms with Crippen LogP contribution in [0.3, 0.4) is 0 Å². The number of carbonyl (C=O) groups excluding carboxylic acids is 3. The van der Waals surface area contributed by atoms with E-state index in [0.717, 1.165) is 0 Å². The summed E-state index contributed by atoms with van der Waals surface area (Å²) >= 11 is 0. The maximum Gasteiger partial charge on any atom is 0.362 e. The van der Waals surface area contributed by atoms with Gasteiger partial charge in [0.1, 0.15) is 0 Å². The third-order valence-corrected chi connectivity index (χ3v) is 4.27. The second-order valence-electron chi connectivity index (χ2n) is 5.96. The molecule has 144 valence electrons. The largest absolute Gasteiger partial charge is 0.461 e. The number of benzene rings is 2. The smallest absolute Gasteiger partial charge is 0.362 e. The fourth-order valence-corrected chi connectivity index (χ4v) is 3.00. The van der Waals surface area contributed by atoms with Gasteiger partial charge in [-0.05, 0) is 18.2 Å². The van der Waals surface area contributed by atoms with E-state index in [1.54, 1.807) is 49.4 Å². The topological polar surface area (TPSA) is 139 Å². The molecule has 0 aliphatic heterocycles. The Bertz CT molecular complexity index is 1150. The minimum absolute atomic E-state index is 0.0755. The van der Waals surface area contributed by atoms with E-state index in [2.05, 4.69) is 31.2 Å². The lowest BCUT2D eigenvalue weighted by molar-refractivity contribution is -0.135. The summed E-state index contributed by atoms with van der Waals surface area (Å²) in [5, 5.41) is 17.1. The van der Waals surface area contributed by atoms with Gasteiger partial charge in [0.2, 0.25) is 11.5 Å². The number of aromatic amines is 1. The molecule has 0 amide bonds. The zero-order chi connectivity index (χ0) is 20.4. The average molecular weight is 390 g/mol. The van der Waals surface area contributed by atoms with E-state index in [-0.39, 0.29) is 46.5 Å². The zero-order valence-electron chi connectivity index (χ0n) is 15.2. The van der Waals surface area contributed by atoms with Crippen LogP contribution < -0.4 is 5.43 Å². The predicted octanol–water partition coefficient (Wildman–Crippen LogP) is 1.35. The van der Waals surface area contributed by atoms with Crippen molar-refractivity contribution < 1.29 is 19.1 Å². The van der Waals surface area contributed by atoms with Crippen molar-refractivity contribution in [2.24, 2.45) is 5.10 Å². The molecule has 0 atom stereocenters. The summed E-state index contributed by atoms with van der Waals surface area (Å²) < 4.78 is 4.96. The molecule has 29 heavy (non-hydrogen) atoms. The molecule has 10 nitrogen and oxygen atoms in total. The molecule has 10 heteroatoms. The van der Waals surface area contributed by atoms with E-state index < -0.39 is 5.97 Å². The molecule has 3 aromatic rings. The van der Waals surface area contributed by atoms with Crippen molar-refractivity contribution in [3.63, 3.8) is 0 Å². The van der Waals surface area contributed by atoms with Gasteiger partial charge in [0.25, 0.3) is 0 Å². The SMILES string of the molecule is CCOC(=O)/C(=N/Nc1cccc2c1C(=O)c1ccccc1C2=O)c1nn[nH]n1. The van der Waals surface area contributed by atoms with Crippen LogP contribution in [0.1, 0.15) is 44.6 Å². The first-order valence-electron chi connectivity index (χ1n) is 8.68. The molecule has 1 aromatic heterocycles. The lowest BCUT2D eigenvalue weighted by atomic mass is 9.83. The highest BCUT2D eigenvalue weighted by Gasteiger charge is 2.31. The molecule has 0 bridgehead atoms. The molecule has 0 saturated carbocycles. The molecule has 2 N–H and O–H groups in total. The van der Waals surface area contributed by atoms with Crippen LogP contribution >= 0.6 is 0 Å². The lowest BCUT2D eigenvalue weighted by Crippen LogP contribution is -2.24. The number of aromatic nitrogens is 4. The minimum atomic E-state index is -0.765. The number of fused-ring (bicyclic) bond motifs is 2. The second-order valence-corrected chi connectivity index (χ2v) is 5.96. The van der Waals surface area contributed by atoms with E-state index in [1.807, 2.05) is 0 Å². The molecular formula is C19H14N6O4. The van der Waals surface area contributed by atoms with Gasteiger partial charge in [0, 0.05) is 16.7 Å². The number of nitrogens with zero attached hydrogens (tertiary/aromatic N) is 4. The Morgan fingerprint density at radius 2 is 1.79 bits per heavy atom. The second kappa shape index (κ2) is 7.43. The summed E-state index contributed by atoms with van der Waals surface area (Å²) in [4.78, 5) is 38.0. The van der Waals surface area contributed by atoms with Crippen molar-refractivity contribution in [2.45, 2.75) is 6.92 Å². The summed E-state index contributed by atoms with van der Waals surface area (Å²) in [7, 11) is 0. The number of anilines is 1. The Morgan fingerprint density at radius 3 is 2.48 bits per heavy atom. The predicted molar refractivity (Wildman–Crippen MR) is 101 cm³/mol. The highest BCUT2D eigenvalue weighted by atomic mass is 16.5. The van der Waals surface area contributed by atoms with Crippen molar-refractivity contribution >= 4 is 28.9 Å². The van der Waals surface area contributed by atoms with Crippen LogP contribution in [0, 0.1) is 0 Å². The van der Waals surface area contributed by atoms with Crippen LogP contribution in [0.15, 0.2) is 47.6 Å². The summed E-state index contributed by atoms with van der Waals surface area (Å²) in [6.45, 7) is 1.77. The van der Waals surface area contributed by atoms with Gasteiger partial charge in [-0.3, -0.25) is 15.0 Å². The van der Waals surface area contributed by atoms with Crippen LogP contribution in [0.5, 0.6) is 0 Å². The average Bonchev–Trinajstić information content (AvgIpc) is 3.27. The number of hydrogen-bond acceptors (Lipinski definition) is 9. The van der Waals surface area contributed by atoms with E-state index in [4.69, 9.17) is 4.74 Å². The quantitative estimate of drug-likeness (QED) is 0.296. The monoisotopic (exact) mass is 390 g/mol. The summed E-state index contributed by atoms with van der Waals surface area (Å²) in [5.74, 6) is -1.41. The van der Waals surface area contributed by atoms with Gasteiger partial charge < -0.3 is 4.74 Å². The Balaban J connectivity index is 1.76. The van der Waals surface area contributed by atoms with Gasteiger partial charge in [0.15, 0.2) is 11.6 Å². The van der Waals surface area contributed by atoms with Gasteiger partial charge in [-0.25, -0.2) is 4.79 Å². The summed E-state index contributed by atoms with van der Waals surface area (Å²) in [6.07, 6.45) is 0. The molecule has 1 heterocycles. The highest BCUT2D eigenvalue weighted by molar-refractivity contribution is 6.42. The van der Waals surface area contributed by atoms with Crippen molar-refractivity contribution in [3.05, 3.63) is 70.5 Å². The molecular weight excluding hydrogens is 376 g/mol. The Hall–Kier alpha value is -4.21. The van der Waals surface area contributed by atoms with Crippen LogP contribution in [0.25, 0.3) is 0 Å². The standard InChI is InChI=1S/C19H14N6O4/c1-2-29-19(28)15(18-22-24-25-23-18)21-20-13-9-5-8-12-14(13)17(27)11-7-4-3-6-10(11)16(12)26/h3-9,20H,2H2,1H3,(H,22,23,24,25)/b21-15+. The first kappa shape index (κ1) is 18.2. The number of nitrogens with one attached hydrogen (secondary N) is 2. The van der Waals surface area contributed by atoms with Crippen molar-refractivity contribution in [2.75, 3.05) is 12.0 Å². The molecule has 0 spiro atoms. The Kier molecular flexibility index (Phi) is 4.65. The number of tetrazole rings is 1. The van der Waals surface area contributed by atoms with Gasteiger partial charge in [-0.2, -0.15) is 10.3 Å². The number of ether oxygens (including phenoxy) is 1. The van der Waals surface area contributed by atoms with Gasteiger partial charge >= 0.3 is 5.97 Å². The fourth-order valence-electron chi connectivity index (χ4n) is 3.00. The van der Waals surface area contributed by atoms with Gasteiger partial charge in [-0.1, -0.05) is 36.4 Å². The fraction of sp³-hybridized carbons (Fsp3) is 0.105. The number of carbonyl (C=O) groups is 3. The molecule has 0 radical (unpaired) electrons. The summed E-state index contributed by atoms with van der Waals surface area (Å²) in [6, 6.07) is 11.4. The van der Waals surface area contributed by atoms with Crippen LogP contribution in [-0.2, 0) is 9.53 Å². The van der Waals surface area contributed by atoms with Crippen LogP contribution in [0.4, 0.5) is 5.69 Å². The number of H-pyrrole nitrogens is 1. The molecule has 1 aliphatic carbocycles. The van der Waals surface area contributed by atoms with E-state index in [9.17, 15) is 14.4 Å². The number of rotatable bonds is 5. The highest BCUT2D eigenvalue weighted by Crippen LogP contribution is 2.31. The lowest BCUT2D eigenvalue weighted by Gasteiger charge is -2.19. The number of hydrogen-bond donors (Lipinski definition) is 2. The van der Waals surface area contributed by atoms with E-state index in [1.165, 1.54) is 0 Å². The maximum atomic E-state index is 13.0. The molecule has 0 fully saturated rings. The normalized spacial score (nSPS) is 12.9. The first-order chi connectivity index (χ1) is 14.1. The van der Waals surface area contributed by atoms with Crippen molar-refractivity contribution in [1.82, 2.24) is 20.6 Å². The zero-order valence-corrected chi connectivity index (χ0v) is 15.2. The van der Waals surface area contributed by atoms with Crippen LogP contribution in [-0.4, -0.2) is 50.5 Å². The minimum Gasteiger partial charge on any atom is -0.461 e. The first-order valence-corrected chi connectivity index (χ1v) is 8.68. The Labute approximate surface area is 164 Å². The summed E-state index contributed by atoms with van der Waals surface area (Å²) in [5.41, 5.74) is 3.81. The Morgan fingerprint density at radius 1 is 1.07 bits per heavy atom. The number of ketones is 2. The van der Waals surface area contributed by atoms with Gasteiger partial charge in [0.05, 0.1) is 17.9 Å². The number of esters is 1. The van der Waals surface area contributed by atoms with Crippen LogP contribution in [0.2, 0.25) is 0 Å². The van der Waals surface area contributed by atoms with Crippen molar-refractivity contribution in [3.8, 4) is 0 Å². The van der Waals surface area contributed by atoms with E-state index >= 15 is 0 Å². The van der Waals surface area contributed by atoms with Crippen molar-refractivity contribution in [1.29, 1.82) is 0 Å². The maximum absolute atomic E-state index is 13.0. The van der Waals surface area contributed by atoms with Gasteiger partial charge in [-0.15, -0.1) is 10.2 Å². The molecule has 4 rings (SSSR count). The third kappa shape index (κ3) is 3.16. The van der Waals surface area contributed by atoms with E-state index in [0.29, 0.717) is 11.1 Å².